The van der Waals surface area contributed by atoms with Gasteiger partial charge in [0.05, 0.1) is 0 Å². The Morgan fingerprint density at radius 3 is 2.90 bits per heavy atom. The normalized spacial score (nSPS) is 17.2. The highest BCUT2D eigenvalue weighted by atomic mass is 16.5. The summed E-state index contributed by atoms with van der Waals surface area (Å²) in [7, 11) is 1.60. The maximum atomic E-state index is 12.2. The van der Waals surface area contributed by atoms with Crippen LogP contribution in [0.1, 0.15) is 23.6 Å². The van der Waals surface area contributed by atoms with Crippen molar-refractivity contribution in [2.75, 3.05) is 26.8 Å². The number of carbonyl (C=O) groups excluding carboxylic acids is 1. The third kappa shape index (κ3) is 3.52. The summed E-state index contributed by atoms with van der Waals surface area (Å²) in [4.78, 5) is 25.1. The Bertz CT molecular complexity index is 518. The van der Waals surface area contributed by atoms with Gasteiger partial charge in [-0.2, -0.15) is 0 Å². The lowest BCUT2D eigenvalue weighted by Gasteiger charge is -2.34. The van der Waals surface area contributed by atoms with Crippen molar-refractivity contribution in [3.8, 4) is 0 Å². The minimum absolute atomic E-state index is 0.340. The van der Waals surface area contributed by atoms with E-state index in [-0.39, 0.29) is 6.03 Å². The molecule has 0 fully saturated rings. The lowest BCUT2D eigenvalue weighted by atomic mass is 9.93. The van der Waals surface area contributed by atoms with E-state index in [1.165, 1.54) is 4.90 Å². The van der Waals surface area contributed by atoms with Crippen LogP contribution in [-0.2, 0) is 16.0 Å². The topological polar surface area (TPSA) is 78.9 Å². The van der Waals surface area contributed by atoms with Crippen molar-refractivity contribution in [2.24, 2.45) is 0 Å². The smallest absolute Gasteiger partial charge is 0.331 e. The summed E-state index contributed by atoms with van der Waals surface area (Å²) < 4.78 is 4.92. The van der Waals surface area contributed by atoms with E-state index in [4.69, 9.17) is 4.74 Å². The first-order valence-corrected chi connectivity index (χ1v) is 6.99. The van der Waals surface area contributed by atoms with E-state index in [1.807, 2.05) is 12.1 Å². The van der Waals surface area contributed by atoms with Crippen LogP contribution in [0.2, 0.25) is 0 Å². The zero-order valence-corrected chi connectivity index (χ0v) is 12.0. The van der Waals surface area contributed by atoms with Crippen molar-refractivity contribution in [1.82, 2.24) is 10.2 Å². The predicted molar refractivity (Wildman–Crippen MR) is 77.1 cm³/mol. The molecular formula is C15H20N2O4. The third-order valence-corrected chi connectivity index (χ3v) is 3.58. The first kappa shape index (κ1) is 15.3. The van der Waals surface area contributed by atoms with Gasteiger partial charge in [-0.1, -0.05) is 24.3 Å². The quantitative estimate of drug-likeness (QED) is 0.804. The van der Waals surface area contributed by atoms with Crippen molar-refractivity contribution in [3.63, 3.8) is 0 Å². The van der Waals surface area contributed by atoms with E-state index >= 15 is 0 Å². The third-order valence-electron chi connectivity index (χ3n) is 3.58. The fourth-order valence-electron chi connectivity index (χ4n) is 2.57. The number of amides is 2. The minimum Gasteiger partial charge on any atom is -0.479 e. The second-order valence-electron chi connectivity index (χ2n) is 4.96. The number of hydrogen-bond donors (Lipinski definition) is 2. The van der Waals surface area contributed by atoms with Crippen molar-refractivity contribution in [2.45, 2.75) is 18.9 Å². The number of hydrogen-bond acceptors (Lipinski definition) is 3. The Kier molecular flexibility index (Phi) is 5.16. The molecule has 1 unspecified atom stereocenters. The predicted octanol–water partition coefficient (Wildman–Crippen LogP) is 1.42. The molecule has 114 valence electrons. The molecule has 1 atom stereocenters. The number of rotatable bonds is 5. The fourth-order valence-corrected chi connectivity index (χ4v) is 2.57. The van der Waals surface area contributed by atoms with Crippen molar-refractivity contribution >= 4 is 12.0 Å². The monoisotopic (exact) mass is 292 g/mol. The highest BCUT2D eigenvalue weighted by Gasteiger charge is 2.35. The highest BCUT2D eigenvalue weighted by Crippen LogP contribution is 2.29. The number of nitrogens with zero attached hydrogens (tertiary/aromatic N) is 1. The van der Waals surface area contributed by atoms with E-state index in [1.54, 1.807) is 19.2 Å². The molecule has 1 aliphatic heterocycles. The Balaban J connectivity index is 2.09. The average molecular weight is 292 g/mol. The van der Waals surface area contributed by atoms with Crippen molar-refractivity contribution < 1.29 is 19.4 Å². The largest absolute Gasteiger partial charge is 0.479 e. The molecule has 2 N–H and O–H groups in total. The molecule has 0 saturated carbocycles. The van der Waals surface area contributed by atoms with E-state index in [9.17, 15) is 14.7 Å². The Morgan fingerprint density at radius 2 is 2.19 bits per heavy atom. The second kappa shape index (κ2) is 7.08. The van der Waals surface area contributed by atoms with Crippen LogP contribution < -0.4 is 5.32 Å². The summed E-state index contributed by atoms with van der Waals surface area (Å²) in [6, 6.07) is 6.12. The lowest BCUT2D eigenvalue weighted by Crippen LogP contribution is -2.48. The highest BCUT2D eigenvalue weighted by molar-refractivity contribution is 5.84. The number of methoxy groups -OCH3 is 1. The molecule has 21 heavy (non-hydrogen) atoms. The molecule has 6 nitrogen and oxygen atoms in total. The Morgan fingerprint density at radius 1 is 1.43 bits per heavy atom. The molecule has 1 heterocycles. The SMILES string of the molecule is COCCCNC(=O)N1CCc2ccccc2C1C(=O)O. The number of nitrogens with one attached hydrogen (secondary N) is 1. The molecule has 0 saturated heterocycles. The van der Waals surface area contributed by atoms with Crippen LogP contribution in [0.4, 0.5) is 4.79 Å². The molecule has 1 aliphatic rings. The number of ether oxygens (including phenoxy) is 1. The average Bonchev–Trinajstić information content (AvgIpc) is 2.50. The number of benzene rings is 1. The van der Waals surface area contributed by atoms with Crippen LogP contribution in [0.15, 0.2) is 24.3 Å². The maximum Gasteiger partial charge on any atom is 0.331 e. The molecule has 1 aromatic carbocycles. The van der Waals surface area contributed by atoms with Crippen LogP contribution in [-0.4, -0.2) is 48.8 Å². The van der Waals surface area contributed by atoms with Gasteiger partial charge in [0.15, 0.2) is 6.04 Å². The van der Waals surface area contributed by atoms with Crippen LogP contribution >= 0.6 is 0 Å². The summed E-state index contributed by atoms with van der Waals surface area (Å²) in [6.45, 7) is 1.44. The van der Waals surface area contributed by atoms with Crippen molar-refractivity contribution in [1.29, 1.82) is 0 Å². The maximum absolute atomic E-state index is 12.2. The standard InChI is InChI=1S/C15H20N2O4/c1-21-10-4-8-16-15(20)17-9-7-11-5-2-3-6-12(11)13(17)14(18)19/h2-3,5-6,13H,4,7-10H2,1H3,(H,16,20)(H,18,19). The molecule has 0 aliphatic carbocycles. The molecule has 2 amide bonds. The van der Waals surface area contributed by atoms with Gasteiger partial charge in [0.25, 0.3) is 0 Å². The van der Waals surface area contributed by atoms with E-state index in [0.29, 0.717) is 38.1 Å². The van der Waals surface area contributed by atoms with Gasteiger partial charge >= 0.3 is 12.0 Å². The summed E-state index contributed by atoms with van der Waals surface area (Å²) in [5.74, 6) is -1.01. The molecule has 1 aromatic rings. The van der Waals surface area contributed by atoms with E-state index in [2.05, 4.69) is 5.32 Å². The van der Waals surface area contributed by atoms with Gasteiger partial charge in [0.2, 0.25) is 0 Å². The van der Waals surface area contributed by atoms with Crippen LogP contribution in [0.3, 0.4) is 0 Å². The number of carboxylic acids is 1. The van der Waals surface area contributed by atoms with E-state index in [0.717, 1.165) is 5.56 Å². The fraction of sp³-hybridized carbons (Fsp3) is 0.467. The van der Waals surface area contributed by atoms with Gasteiger partial charge in [-0.15, -0.1) is 0 Å². The molecule has 0 bridgehead atoms. The molecule has 2 rings (SSSR count). The van der Waals surface area contributed by atoms with Gasteiger partial charge in [0.1, 0.15) is 0 Å². The van der Waals surface area contributed by atoms with E-state index < -0.39 is 12.0 Å². The van der Waals surface area contributed by atoms with Crippen LogP contribution in [0, 0.1) is 0 Å². The number of carboxylic acid groups (broad SMARTS) is 1. The number of fused-ring (bicyclic) bond motifs is 1. The zero-order valence-electron chi connectivity index (χ0n) is 12.0. The van der Waals surface area contributed by atoms with Gasteiger partial charge in [-0.05, 0) is 24.0 Å². The molecule has 0 spiro atoms. The van der Waals surface area contributed by atoms with Gasteiger partial charge in [0, 0.05) is 26.8 Å². The summed E-state index contributed by atoms with van der Waals surface area (Å²) in [5.41, 5.74) is 1.69. The first-order valence-electron chi connectivity index (χ1n) is 6.99. The van der Waals surface area contributed by atoms with Gasteiger partial charge in [-0.25, -0.2) is 9.59 Å². The Labute approximate surface area is 123 Å². The lowest BCUT2D eigenvalue weighted by molar-refractivity contribution is -0.142. The first-order chi connectivity index (χ1) is 10.1. The van der Waals surface area contributed by atoms with Crippen LogP contribution in [0.5, 0.6) is 0 Å². The van der Waals surface area contributed by atoms with Crippen LogP contribution in [0.25, 0.3) is 0 Å². The molecular weight excluding hydrogens is 272 g/mol. The minimum atomic E-state index is -1.01. The molecule has 0 aromatic heterocycles. The number of urea groups is 1. The summed E-state index contributed by atoms with van der Waals surface area (Å²) in [5, 5.41) is 12.2. The van der Waals surface area contributed by atoms with Gasteiger partial charge in [-0.3, -0.25) is 0 Å². The Hall–Kier alpha value is -2.08. The summed E-state index contributed by atoms with van der Waals surface area (Å²) in [6.07, 6.45) is 1.37. The second-order valence-corrected chi connectivity index (χ2v) is 4.96. The number of aliphatic carboxylic acids is 1. The van der Waals surface area contributed by atoms with Crippen molar-refractivity contribution in [3.05, 3.63) is 35.4 Å². The zero-order chi connectivity index (χ0) is 15.2. The number of carbonyl (C=O) groups is 2. The molecule has 0 radical (unpaired) electrons. The molecule has 6 heteroatoms. The van der Waals surface area contributed by atoms with Gasteiger partial charge < -0.3 is 20.1 Å². The summed E-state index contributed by atoms with van der Waals surface area (Å²) >= 11 is 0.